The Morgan fingerprint density at radius 2 is 1.54 bits per heavy atom. The van der Waals surface area contributed by atoms with Crippen LogP contribution < -0.4 is 0 Å². The lowest BCUT2D eigenvalue weighted by Gasteiger charge is -2.27. The van der Waals surface area contributed by atoms with Crippen molar-refractivity contribution in [3.8, 4) is 0 Å². The third-order valence-corrected chi connectivity index (χ3v) is 5.21. The van der Waals surface area contributed by atoms with Crippen LogP contribution in [0.5, 0.6) is 0 Å². The van der Waals surface area contributed by atoms with E-state index in [1.54, 1.807) is 42.5 Å². The van der Waals surface area contributed by atoms with E-state index in [1.807, 2.05) is 6.07 Å². The maximum Gasteiger partial charge on any atom is 0.294 e. The fraction of sp³-hybridized carbons (Fsp3) is 0.0526. The van der Waals surface area contributed by atoms with Crippen LogP contribution in [0.3, 0.4) is 0 Å². The van der Waals surface area contributed by atoms with Gasteiger partial charge in [0.1, 0.15) is 0 Å². The van der Waals surface area contributed by atoms with Crippen LogP contribution in [0.25, 0.3) is 10.8 Å². The molecule has 1 aliphatic rings. The summed E-state index contributed by atoms with van der Waals surface area (Å²) in [6.07, 6.45) is 0. The van der Waals surface area contributed by atoms with E-state index >= 15 is 0 Å². The van der Waals surface area contributed by atoms with Crippen LogP contribution >= 0.6 is 0 Å². The summed E-state index contributed by atoms with van der Waals surface area (Å²) in [6.45, 7) is 0.0738. The molecule has 0 bridgehead atoms. The van der Waals surface area contributed by atoms with E-state index in [9.17, 15) is 22.6 Å². The molecule has 0 saturated carbocycles. The van der Waals surface area contributed by atoms with Gasteiger partial charge in [0.15, 0.2) is 0 Å². The van der Waals surface area contributed by atoms with Crippen molar-refractivity contribution in [1.29, 1.82) is 0 Å². The summed E-state index contributed by atoms with van der Waals surface area (Å²) in [7, 11) is -4.48. The van der Waals surface area contributed by atoms with Gasteiger partial charge in [-0.25, -0.2) is 0 Å². The molecule has 3 aromatic rings. The molecule has 0 fully saturated rings. The zero-order valence-electron chi connectivity index (χ0n) is 13.4. The van der Waals surface area contributed by atoms with Crippen molar-refractivity contribution in [1.82, 2.24) is 4.90 Å². The minimum absolute atomic E-state index is 0.0738. The zero-order chi connectivity index (χ0) is 18.5. The number of hydrogen-bond acceptors (Lipinski definition) is 4. The molecule has 0 aliphatic carbocycles. The summed E-state index contributed by atoms with van der Waals surface area (Å²) in [5.74, 6) is -1.02. The number of benzene rings is 3. The number of amides is 2. The highest BCUT2D eigenvalue weighted by Crippen LogP contribution is 2.33. The van der Waals surface area contributed by atoms with E-state index in [4.69, 9.17) is 0 Å². The van der Waals surface area contributed by atoms with Crippen molar-refractivity contribution in [2.24, 2.45) is 0 Å². The summed E-state index contributed by atoms with van der Waals surface area (Å²) in [5, 5.41) is 0.813. The van der Waals surface area contributed by atoms with E-state index in [0.717, 1.165) is 16.5 Å². The first-order valence-electron chi connectivity index (χ1n) is 7.80. The van der Waals surface area contributed by atoms with Gasteiger partial charge in [-0.15, -0.1) is 0 Å². The van der Waals surface area contributed by atoms with Gasteiger partial charge in [-0.2, -0.15) is 8.42 Å². The maximum absolute atomic E-state index is 12.9. The van der Waals surface area contributed by atoms with Crippen LogP contribution in [-0.4, -0.2) is 29.7 Å². The van der Waals surface area contributed by atoms with E-state index in [-0.39, 0.29) is 17.0 Å². The number of carbonyl (C=O) groups is 2. The van der Waals surface area contributed by atoms with Gasteiger partial charge in [0.2, 0.25) is 0 Å². The molecule has 3 aromatic carbocycles. The molecular formula is C19H13NO5S. The maximum atomic E-state index is 12.9. The van der Waals surface area contributed by atoms with Gasteiger partial charge in [0, 0.05) is 10.9 Å². The lowest BCUT2D eigenvalue weighted by Crippen LogP contribution is -2.39. The highest BCUT2D eigenvalue weighted by molar-refractivity contribution is 7.85. The number of imide groups is 1. The van der Waals surface area contributed by atoms with Crippen LogP contribution in [-0.2, 0) is 16.7 Å². The first-order chi connectivity index (χ1) is 12.4. The van der Waals surface area contributed by atoms with Crippen molar-refractivity contribution >= 4 is 32.7 Å². The lowest BCUT2D eigenvalue weighted by molar-refractivity contribution is 0.0598. The molecule has 0 spiro atoms. The summed E-state index contributed by atoms with van der Waals surface area (Å²) in [6, 6.07) is 16.2. The molecule has 1 aliphatic heterocycles. The smallest absolute Gasteiger partial charge is 0.282 e. The number of nitrogens with zero attached hydrogens (tertiary/aromatic N) is 1. The Morgan fingerprint density at radius 3 is 2.23 bits per heavy atom. The SMILES string of the molecule is O=C1c2cccc3cc(S(=O)(=O)O)cc(c23)C(=O)N1Cc1ccccc1. The Kier molecular flexibility index (Phi) is 3.64. The summed E-state index contributed by atoms with van der Waals surface area (Å²) < 4.78 is 32.5. The largest absolute Gasteiger partial charge is 0.294 e. The molecule has 2 amide bonds. The Morgan fingerprint density at radius 1 is 0.846 bits per heavy atom. The summed E-state index contributed by atoms with van der Waals surface area (Å²) >= 11 is 0. The van der Waals surface area contributed by atoms with Gasteiger partial charge in [-0.3, -0.25) is 19.0 Å². The van der Waals surface area contributed by atoms with E-state index in [1.165, 1.54) is 6.07 Å². The quantitative estimate of drug-likeness (QED) is 0.568. The fourth-order valence-corrected chi connectivity index (χ4v) is 3.73. The molecule has 0 unspecified atom stereocenters. The molecule has 6 nitrogen and oxygen atoms in total. The molecule has 1 heterocycles. The lowest BCUT2D eigenvalue weighted by atomic mass is 9.94. The van der Waals surface area contributed by atoms with Gasteiger partial charge in [-0.1, -0.05) is 42.5 Å². The van der Waals surface area contributed by atoms with Crippen LogP contribution in [0.4, 0.5) is 0 Å². The van der Waals surface area contributed by atoms with Crippen LogP contribution in [0, 0.1) is 0 Å². The Bertz CT molecular complexity index is 1170. The molecule has 7 heteroatoms. The minimum Gasteiger partial charge on any atom is -0.282 e. The van der Waals surface area contributed by atoms with Gasteiger partial charge < -0.3 is 0 Å². The van der Waals surface area contributed by atoms with E-state index < -0.39 is 21.9 Å². The highest BCUT2D eigenvalue weighted by atomic mass is 32.2. The van der Waals surface area contributed by atoms with Crippen molar-refractivity contribution in [3.63, 3.8) is 0 Å². The van der Waals surface area contributed by atoms with Crippen molar-refractivity contribution in [2.75, 3.05) is 0 Å². The predicted octanol–water partition coefficient (Wildman–Crippen LogP) is 2.88. The summed E-state index contributed by atoms with van der Waals surface area (Å²) in [4.78, 5) is 26.5. The topological polar surface area (TPSA) is 91.7 Å². The molecule has 1 N–H and O–H groups in total. The van der Waals surface area contributed by atoms with Gasteiger partial charge in [-0.05, 0) is 29.1 Å². The number of rotatable bonds is 3. The minimum atomic E-state index is -4.48. The van der Waals surface area contributed by atoms with Gasteiger partial charge in [0.05, 0.1) is 17.0 Å². The normalized spacial score (nSPS) is 14.1. The monoisotopic (exact) mass is 367 g/mol. The third-order valence-electron chi connectivity index (χ3n) is 4.38. The second kappa shape index (κ2) is 5.76. The highest BCUT2D eigenvalue weighted by Gasteiger charge is 2.34. The predicted molar refractivity (Wildman–Crippen MR) is 94.4 cm³/mol. The fourth-order valence-electron chi connectivity index (χ4n) is 3.19. The van der Waals surface area contributed by atoms with E-state index in [0.29, 0.717) is 16.3 Å². The molecule has 4 rings (SSSR count). The van der Waals surface area contributed by atoms with Crippen molar-refractivity contribution in [2.45, 2.75) is 11.4 Å². The molecule has 0 saturated heterocycles. The third kappa shape index (κ3) is 2.58. The zero-order valence-corrected chi connectivity index (χ0v) is 14.2. The average molecular weight is 367 g/mol. The Hall–Kier alpha value is -3.03. The first kappa shape index (κ1) is 16.4. The Balaban J connectivity index is 1.92. The molecular weight excluding hydrogens is 354 g/mol. The standard InChI is InChI=1S/C19H13NO5S/c21-18-15-8-4-7-13-9-14(26(23,24)25)10-16(17(13)15)19(22)20(18)11-12-5-2-1-3-6-12/h1-10H,11H2,(H,23,24,25). The molecule has 0 aromatic heterocycles. The second-order valence-corrected chi connectivity index (χ2v) is 7.45. The number of hydrogen-bond donors (Lipinski definition) is 1. The molecule has 130 valence electrons. The molecule has 26 heavy (non-hydrogen) atoms. The number of carbonyl (C=O) groups excluding carboxylic acids is 2. The van der Waals surface area contributed by atoms with Crippen LogP contribution in [0.15, 0.2) is 65.6 Å². The van der Waals surface area contributed by atoms with Crippen molar-refractivity contribution in [3.05, 3.63) is 77.4 Å². The summed E-state index contributed by atoms with van der Waals surface area (Å²) in [5.41, 5.74) is 1.19. The molecule has 0 atom stereocenters. The van der Waals surface area contributed by atoms with E-state index in [2.05, 4.69) is 0 Å². The van der Waals surface area contributed by atoms with Crippen molar-refractivity contribution < 1.29 is 22.6 Å². The van der Waals surface area contributed by atoms with Crippen LogP contribution in [0.2, 0.25) is 0 Å². The Labute approximate surface area is 149 Å². The first-order valence-corrected chi connectivity index (χ1v) is 9.24. The second-order valence-electron chi connectivity index (χ2n) is 6.03. The molecule has 0 radical (unpaired) electrons. The van der Waals surface area contributed by atoms with Gasteiger partial charge in [0.25, 0.3) is 21.9 Å². The van der Waals surface area contributed by atoms with Crippen LogP contribution in [0.1, 0.15) is 26.3 Å². The average Bonchev–Trinajstić information content (AvgIpc) is 2.62. The van der Waals surface area contributed by atoms with Gasteiger partial charge >= 0.3 is 0 Å².